The number of halogens is 2. The number of amides is 4. The summed E-state index contributed by atoms with van der Waals surface area (Å²) in [5, 5.41) is 11.5. The third-order valence-electron chi connectivity index (χ3n) is 5.88. The Hall–Kier alpha value is -2.34. The van der Waals surface area contributed by atoms with Crippen molar-refractivity contribution in [2.45, 2.75) is 43.0 Å². The molecule has 0 bridgehead atoms. The van der Waals surface area contributed by atoms with Gasteiger partial charge in [-0.3, -0.25) is 19.2 Å². The van der Waals surface area contributed by atoms with E-state index in [1.807, 2.05) is 11.8 Å². The highest BCUT2D eigenvalue weighted by Crippen LogP contribution is 2.33. The van der Waals surface area contributed by atoms with E-state index < -0.39 is 11.7 Å². The van der Waals surface area contributed by atoms with Gasteiger partial charge in [0.15, 0.2) is 6.29 Å². The van der Waals surface area contributed by atoms with Gasteiger partial charge in [-0.05, 0) is 25.0 Å². The van der Waals surface area contributed by atoms with E-state index in [2.05, 4.69) is 21.3 Å². The molecule has 0 saturated carbocycles. The van der Waals surface area contributed by atoms with Gasteiger partial charge in [0.05, 0.1) is 40.9 Å². The predicted molar refractivity (Wildman–Crippen MR) is 137 cm³/mol. The summed E-state index contributed by atoms with van der Waals surface area (Å²) in [5.41, 5.74) is 0.00792. The summed E-state index contributed by atoms with van der Waals surface area (Å²) in [4.78, 5) is 57.8. The zero-order chi connectivity index (χ0) is 26.1. The fraction of sp³-hybridized carbons (Fsp3) is 0.522. The van der Waals surface area contributed by atoms with Crippen molar-refractivity contribution < 1.29 is 28.7 Å². The van der Waals surface area contributed by atoms with Crippen molar-refractivity contribution in [1.82, 2.24) is 21.3 Å². The van der Waals surface area contributed by atoms with Crippen LogP contribution in [0.3, 0.4) is 0 Å². The van der Waals surface area contributed by atoms with E-state index in [1.54, 1.807) is 0 Å². The summed E-state index contributed by atoms with van der Waals surface area (Å²) >= 11 is 13.9. The Labute approximate surface area is 222 Å². The Morgan fingerprint density at radius 1 is 1.06 bits per heavy atom. The van der Waals surface area contributed by atoms with Gasteiger partial charge in [0, 0.05) is 36.1 Å². The lowest BCUT2D eigenvalue weighted by Crippen LogP contribution is -2.36. The number of unbranched alkanes of at least 4 members (excludes halogenated alkanes) is 1. The van der Waals surface area contributed by atoms with Crippen LogP contribution in [0.4, 0.5) is 4.79 Å². The van der Waals surface area contributed by atoms with Crippen molar-refractivity contribution in [3.8, 4) is 0 Å². The van der Waals surface area contributed by atoms with E-state index in [0.29, 0.717) is 24.8 Å². The fourth-order valence-corrected chi connectivity index (χ4v) is 6.09. The minimum Gasteiger partial charge on any atom is -0.378 e. The molecule has 0 aromatic heterocycles. The van der Waals surface area contributed by atoms with Gasteiger partial charge in [0.25, 0.3) is 5.91 Å². The van der Waals surface area contributed by atoms with Crippen LogP contribution in [0.15, 0.2) is 12.1 Å². The monoisotopic (exact) mass is 558 g/mol. The second-order valence-electron chi connectivity index (χ2n) is 8.36. The molecule has 2 saturated heterocycles. The third kappa shape index (κ3) is 7.58. The molecule has 2 aliphatic rings. The van der Waals surface area contributed by atoms with Crippen LogP contribution in [0.25, 0.3) is 0 Å². The molecular formula is C23H28Cl2N4O6S. The molecule has 1 aromatic carbocycles. The smallest absolute Gasteiger partial charge is 0.315 e. The van der Waals surface area contributed by atoms with Gasteiger partial charge in [0.2, 0.25) is 11.7 Å². The van der Waals surface area contributed by atoms with Crippen LogP contribution in [0.1, 0.15) is 46.4 Å². The Bertz CT molecular complexity index is 1010. The van der Waals surface area contributed by atoms with Crippen LogP contribution in [-0.4, -0.2) is 79.3 Å². The van der Waals surface area contributed by atoms with E-state index in [9.17, 15) is 24.0 Å². The van der Waals surface area contributed by atoms with E-state index in [-0.39, 0.29) is 64.6 Å². The molecule has 4 amide bonds. The zero-order valence-electron chi connectivity index (χ0n) is 19.4. The number of nitrogens with one attached hydrogen (secondary N) is 4. The molecule has 2 aliphatic heterocycles. The Morgan fingerprint density at radius 2 is 1.75 bits per heavy atom. The number of hydrogen-bond acceptors (Lipinski definition) is 7. The highest BCUT2D eigenvalue weighted by Gasteiger charge is 2.42. The first-order valence-electron chi connectivity index (χ1n) is 11.6. The van der Waals surface area contributed by atoms with Gasteiger partial charge in [-0.1, -0.05) is 29.6 Å². The van der Waals surface area contributed by atoms with Gasteiger partial charge in [-0.2, -0.15) is 11.8 Å². The molecule has 36 heavy (non-hydrogen) atoms. The summed E-state index contributed by atoms with van der Waals surface area (Å²) < 4.78 is 5.42. The number of thioether (sulfide) groups is 1. The molecule has 3 atom stereocenters. The first-order chi connectivity index (χ1) is 17.3. The third-order valence-corrected chi connectivity index (χ3v) is 8.27. The van der Waals surface area contributed by atoms with Crippen molar-refractivity contribution in [1.29, 1.82) is 0 Å². The maximum Gasteiger partial charge on any atom is 0.315 e. The number of hydrogen-bond donors (Lipinski definition) is 4. The number of aldehydes is 1. The lowest BCUT2D eigenvalue weighted by atomic mass is 10.0. The molecule has 0 radical (unpaired) electrons. The number of carbonyl (C=O) groups excluding carboxylic acids is 5. The van der Waals surface area contributed by atoms with Gasteiger partial charge in [-0.25, -0.2) is 4.79 Å². The largest absolute Gasteiger partial charge is 0.378 e. The summed E-state index contributed by atoms with van der Waals surface area (Å²) in [5.74, 6) is -0.434. The maximum atomic E-state index is 12.3. The lowest BCUT2D eigenvalue weighted by Gasteiger charge is -2.16. The molecule has 4 N–H and O–H groups in total. The second-order valence-corrected chi connectivity index (χ2v) is 10.4. The van der Waals surface area contributed by atoms with Crippen molar-refractivity contribution in [3.63, 3.8) is 0 Å². The van der Waals surface area contributed by atoms with Crippen LogP contribution in [0.2, 0.25) is 10.0 Å². The van der Waals surface area contributed by atoms with Crippen LogP contribution >= 0.6 is 35.0 Å². The number of benzene rings is 1. The Balaban J connectivity index is 1.21. The molecule has 2 heterocycles. The van der Waals surface area contributed by atoms with E-state index in [4.69, 9.17) is 27.9 Å². The lowest BCUT2D eigenvalue weighted by molar-refractivity contribution is -0.121. The second kappa shape index (κ2) is 13.8. The highest BCUT2D eigenvalue weighted by atomic mass is 35.5. The number of ether oxygens (including phenoxy) is 1. The number of Topliss-reactive ketones (excluding diaryl/α,β-unsaturated/α-hetero) is 1. The van der Waals surface area contributed by atoms with Crippen molar-refractivity contribution in [3.05, 3.63) is 33.3 Å². The fourth-order valence-electron chi connectivity index (χ4n) is 4.04. The number of rotatable bonds is 14. The molecule has 13 heteroatoms. The maximum absolute atomic E-state index is 12.3. The molecule has 3 rings (SSSR count). The number of carbonyl (C=O) groups is 5. The molecule has 0 aliphatic carbocycles. The zero-order valence-corrected chi connectivity index (χ0v) is 21.8. The van der Waals surface area contributed by atoms with Crippen molar-refractivity contribution in [2.24, 2.45) is 0 Å². The van der Waals surface area contributed by atoms with Gasteiger partial charge in [0.1, 0.15) is 0 Å². The molecule has 2 fully saturated rings. The van der Waals surface area contributed by atoms with Crippen molar-refractivity contribution in [2.75, 3.05) is 32.1 Å². The SMILES string of the molecule is O=CC(=O)c1ccc(C(=O)NCCOCCNC(=O)CCCCC2SCC3NC(=O)NC32)c(Cl)c1Cl. The predicted octanol–water partition coefficient (Wildman–Crippen LogP) is 1.96. The number of urea groups is 1. The summed E-state index contributed by atoms with van der Waals surface area (Å²) in [7, 11) is 0. The summed E-state index contributed by atoms with van der Waals surface area (Å²) in [6.45, 7) is 1.08. The first-order valence-corrected chi connectivity index (χ1v) is 13.4. The van der Waals surface area contributed by atoms with Crippen molar-refractivity contribution >= 4 is 64.9 Å². The van der Waals surface area contributed by atoms with Gasteiger partial charge >= 0.3 is 6.03 Å². The topological polar surface area (TPSA) is 143 Å². The molecule has 0 spiro atoms. The van der Waals surface area contributed by atoms with Crippen LogP contribution in [-0.2, 0) is 14.3 Å². The number of fused-ring (bicyclic) bond motifs is 1. The highest BCUT2D eigenvalue weighted by molar-refractivity contribution is 8.00. The molecular weight excluding hydrogens is 531 g/mol. The average Bonchev–Trinajstić information content (AvgIpc) is 3.41. The Morgan fingerprint density at radius 3 is 2.50 bits per heavy atom. The molecule has 10 nitrogen and oxygen atoms in total. The van der Waals surface area contributed by atoms with E-state index >= 15 is 0 Å². The van der Waals surface area contributed by atoms with Gasteiger partial charge in [-0.15, -0.1) is 0 Å². The molecule has 196 valence electrons. The van der Waals surface area contributed by atoms with Crippen LogP contribution in [0.5, 0.6) is 0 Å². The minimum absolute atomic E-state index is 0.0391. The molecule has 3 unspecified atom stereocenters. The average molecular weight is 559 g/mol. The van der Waals surface area contributed by atoms with Crippen LogP contribution < -0.4 is 21.3 Å². The van der Waals surface area contributed by atoms with E-state index in [1.165, 1.54) is 12.1 Å². The quantitative estimate of drug-likeness (QED) is 0.0898. The Kier molecular flexibility index (Phi) is 10.8. The van der Waals surface area contributed by atoms with E-state index in [0.717, 1.165) is 25.0 Å². The molecule has 1 aromatic rings. The minimum atomic E-state index is -0.825. The summed E-state index contributed by atoms with van der Waals surface area (Å²) in [6, 6.07) is 2.91. The van der Waals surface area contributed by atoms with Crippen LogP contribution in [0, 0.1) is 0 Å². The first kappa shape index (κ1) is 28.2. The van der Waals surface area contributed by atoms with Gasteiger partial charge < -0.3 is 26.0 Å². The summed E-state index contributed by atoms with van der Waals surface area (Å²) in [6.07, 6.45) is 3.23. The number of ketones is 1. The standard InChI is InChI=1S/C23H28Cl2N4O6S/c24-19-13(16(31)11-30)5-6-14(20(19)25)22(33)27-8-10-35-9-7-26-18(32)4-2-1-3-17-21-15(12-36-17)28-23(34)29-21/h5-6,11,15,17,21H,1-4,7-10,12H2,(H,26,32)(H,27,33)(H2,28,29,34). The normalized spacial score (nSPS) is 20.3.